The fraction of sp³-hybridized carbons (Fsp3) is 0.200. The Morgan fingerprint density at radius 2 is 2.28 bits per heavy atom. The van der Waals surface area contributed by atoms with Crippen LogP contribution >= 0.6 is 11.8 Å². The summed E-state index contributed by atoms with van der Waals surface area (Å²) in [5.74, 6) is -0.750. The number of pyridine rings is 1. The molecule has 8 heteroatoms. The van der Waals surface area contributed by atoms with Crippen molar-refractivity contribution < 1.29 is 9.90 Å². The number of carbonyl (C=O) groups is 1. The zero-order valence-electron chi connectivity index (χ0n) is 9.35. The van der Waals surface area contributed by atoms with Crippen LogP contribution in [0.25, 0.3) is 0 Å². The Morgan fingerprint density at radius 3 is 2.94 bits per heavy atom. The number of hydrogen-bond acceptors (Lipinski definition) is 6. The van der Waals surface area contributed by atoms with E-state index in [1.54, 1.807) is 10.8 Å². The van der Waals surface area contributed by atoms with E-state index in [9.17, 15) is 4.79 Å². The van der Waals surface area contributed by atoms with Gasteiger partial charge in [0.1, 0.15) is 0 Å². The van der Waals surface area contributed by atoms with Crippen LogP contribution < -0.4 is 5.73 Å². The van der Waals surface area contributed by atoms with E-state index in [1.165, 1.54) is 0 Å². The summed E-state index contributed by atoms with van der Waals surface area (Å²) in [4.78, 5) is 14.7. The highest BCUT2D eigenvalue weighted by Gasteiger charge is 2.12. The third-order valence-electron chi connectivity index (χ3n) is 2.12. The van der Waals surface area contributed by atoms with E-state index in [4.69, 9.17) is 10.8 Å². The summed E-state index contributed by atoms with van der Waals surface area (Å²) in [5, 5.41) is 16.7. The number of aromatic nitrogens is 4. The van der Waals surface area contributed by atoms with Gasteiger partial charge in [0.2, 0.25) is 5.95 Å². The maximum absolute atomic E-state index is 10.5. The molecule has 2 aromatic heterocycles. The van der Waals surface area contributed by atoms with Crippen molar-refractivity contribution in [3.63, 3.8) is 0 Å². The molecule has 0 aliphatic carbocycles. The van der Waals surface area contributed by atoms with E-state index in [-0.39, 0.29) is 11.7 Å². The average molecular weight is 265 g/mol. The molecule has 18 heavy (non-hydrogen) atoms. The molecule has 0 bridgehead atoms. The Bertz CT molecular complexity index is 542. The smallest absolute Gasteiger partial charge is 0.313 e. The molecule has 0 atom stereocenters. The molecule has 0 fully saturated rings. The van der Waals surface area contributed by atoms with Gasteiger partial charge in [0.05, 0.1) is 18.0 Å². The minimum absolute atomic E-state index is 0.0830. The summed E-state index contributed by atoms with van der Waals surface area (Å²) < 4.78 is 1.63. The standard InChI is InChI=1S/C10H11N5O2S/c11-9-13-14-10(18-6-8(16)17)15(9)5-7-3-1-2-4-12-7/h1-4H,5-6H2,(H2,11,13)(H,16,17). The second-order valence-corrected chi connectivity index (χ2v) is 4.37. The second-order valence-electron chi connectivity index (χ2n) is 3.43. The molecule has 3 N–H and O–H groups in total. The summed E-state index contributed by atoms with van der Waals surface area (Å²) in [5.41, 5.74) is 6.50. The highest BCUT2D eigenvalue weighted by molar-refractivity contribution is 7.99. The van der Waals surface area contributed by atoms with Gasteiger partial charge in [-0.2, -0.15) is 0 Å². The Morgan fingerprint density at radius 1 is 1.44 bits per heavy atom. The summed E-state index contributed by atoms with van der Waals surface area (Å²) in [7, 11) is 0. The van der Waals surface area contributed by atoms with E-state index in [2.05, 4.69) is 15.2 Å². The first-order valence-corrected chi connectivity index (χ1v) is 6.08. The minimum Gasteiger partial charge on any atom is -0.481 e. The first kappa shape index (κ1) is 12.4. The van der Waals surface area contributed by atoms with E-state index in [1.807, 2.05) is 18.2 Å². The predicted octanol–water partition coefficient (Wildman–Crippen LogP) is 0.480. The first-order valence-electron chi connectivity index (χ1n) is 5.10. The van der Waals surface area contributed by atoms with Gasteiger partial charge in [-0.05, 0) is 12.1 Å². The van der Waals surface area contributed by atoms with Gasteiger partial charge in [0.15, 0.2) is 5.16 Å². The number of anilines is 1. The molecule has 0 unspecified atom stereocenters. The van der Waals surface area contributed by atoms with Crippen molar-refractivity contribution in [2.75, 3.05) is 11.5 Å². The zero-order valence-corrected chi connectivity index (χ0v) is 10.2. The lowest BCUT2D eigenvalue weighted by Gasteiger charge is -2.06. The van der Waals surface area contributed by atoms with Gasteiger partial charge in [-0.3, -0.25) is 14.3 Å². The SMILES string of the molecule is Nc1nnc(SCC(=O)O)n1Cc1ccccn1. The Hall–Kier alpha value is -2.09. The molecule has 0 aromatic carbocycles. The number of carboxylic acids is 1. The zero-order chi connectivity index (χ0) is 13.0. The Kier molecular flexibility index (Phi) is 3.78. The average Bonchev–Trinajstić information content (AvgIpc) is 2.70. The van der Waals surface area contributed by atoms with Crippen molar-refractivity contribution in [3.05, 3.63) is 30.1 Å². The maximum Gasteiger partial charge on any atom is 0.313 e. The molecule has 7 nitrogen and oxygen atoms in total. The quantitative estimate of drug-likeness (QED) is 0.757. The summed E-state index contributed by atoms with van der Waals surface area (Å²) in [6, 6.07) is 5.54. The molecular formula is C10H11N5O2S. The van der Waals surface area contributed by atoms with Gasteiger partial charge in [-0.25, -0.2) is 0 Å². The number of thioether (sulfide) groups is 1. The van der Waals surface area contributed by atoms with Gasteiger partial charge < -0.3 is 10.8 Å². The fourth-order valence-corrected chi connectivity index (χ4v) is 2.00. The largest absolute Gasteiger partial charge is 0.481 e. The van der Waals surface area contributed by atoms with Crippen molar-refractivity contribution in [3.8, 4) is 0 Å². The van der Waals surface area contributed by atoms with E-state index in [0.717, 1.165) is 17.5 Å². The monoisotopic (exact) mass is 265 g/mol. The fourth-order valence-electron chi connectivity index (χ4n) is 1.34. The van der Waals surface area contributed by atoms with E-state index < -0.39 is 5.97 Å². The lowest BCUT2D eigenvalue weighted by molar-refractivity contribution is -0.133. The van der Waals surface area contributed by atoms with Crippen LogP contribution in [0.1, 0.15) is 5.69 Å². The van der Waals surface area contributed by atoms with Crippen molar-refractivity contribution in [2.45, 2.75) is 11.7 Å². The molecule has 94 valence electrons. The van der Waals surface area contributed by atoms with E-state index >= 15 is 0 Å². The predicted molar refractivity (Wildman–Crippen MR) is 66.1 cm³/mol. The van der Waals surface area contributed by atoms with Crippen LogP contribution in [0.5, 0.6) is 0 Å². The van der Waals surface area contributed by atoms with Crippen LogP contribution in [0.4, 0.5) is 5.95 Å². The van der Waals surface area contributed by atoms with Crippen molar-refractivity contribution in [1.29, 1.82) is 0 Å². The van der Waals surface area contributed by atoms with Gasteiger partial charge in [-0.1, -0.05) is 17.8 Å². The molecule has 0 aliphatic heterocycles. The van der Waals surface area contributed by atoms with Gasteiger partial charge >= 0.3 is 5.97 Å². The molecule has 0 saturated carbocycles. The Labute approximate surface area is 107 Å². The maximum atomic E-state index is 10.5. The van der Waals surface area contributed by atoms with Crippen LogP contribution in [0, 0.1) is 0 Å². The normalized spacial score (nSPS) is 10.4. The van der Waals surface area contributed by atoms with Crippen LogP contribution in [0.2, 0.25) is 0 Å². The van der Waals surface area contributed by atoms with Crippen LogP contribution in [-0.2, 0) is 11.3 Å². The number of rotatable bonds is 5. The third-order valence-corrected chi connectivity index (χ3v) is 3.07. The number of aliphatic carboxylic acids is 1. The number of nitrogens with zero attached hydrogens (tertiary/aromatic N) is 4. The van der Waals surface area contributed by atoms with Crippen molar-refractivity contribution >= 4 is 23.7 Å². The number of nitrogen functional groups attached to an aromatic ring is 1. The molecule has 0 saturated heterocycles. The van der Waals surface area contributed by atoms with Crippen LogP contribution in [0.3, 0.4) is 0 Å². The molecule has 0 aliphatic rings. The topological polar surface area (TPSA) is 107 Å². The molecule has 0 spiro atoms. The molecule has 0 amide bonds. The number of hydrogen-bond donors (Lipinski definition) is 2. The van der Waals surface area contributed by atoms with Gasteiger partial charge in [0.25, 0.3) is 0 Å². The Balaban J connectivity index is 2.16. The highest BCUT2D eigenvalue weighted by atomic mass is 32.2. The number of nitrogens with two attached hydrogens (primary N) is 1. The second kappa shape index (κ2) is 5.50. The number of carboxylic acid groups (broad SMARTS) is 1. The third kappa shape index (κ3) is 2.98. The van der Waals surface area contributed by atoms with Crippen LogP contribution in [0.15, 0.2) is 29.6 Å². The molecule has 2 rings (SSSR count). The highest BCUT2D eigenvalue weighted by Crippen LogP contribution is 2.18. The molecule has 0 radical (unpaired) electrons. The van der Waals surface area contributed by atoms with Crippen LogP contribution in [-0.4, -0.2) is 36.6 Å². The summed E-state index contributed by atoms with van der Waals surface area (Å²) in [6.07, 6.45) is 1.68. The summed E-state index contributed by atoms with van der Waals surface area (Å²) >= 11 is 1.08. The lowest BCUT2D eigenvalue weighted by Crippen LogP contribution is -2.08. The minimum atomic E-state index is -0.911. The molecule has 2 aromatic rings. The molecule has 2 heterocycles. The summed E-state index contributed by atoms with van der Waals surface area (Å²) in [6.45, 7) is 0.418. The van der Waals surface area contributed by atoms with Crippen molar-refractivity contribution in [1.82, 2.24) is 19.7 Å². The lowest BCUT2D eigenvalue weighted by atomic mass is 10.3. The van der Waals surface area contributed by atoms with Crippen molar-refractivity contribution in [2.24, 2.45) is 0 Å². The van der Waals surface area contributed by atoms with Gasteiger partial charge in [-0.15, -0.1) is 10.2 Å². The first-order chi connectivity index (χ1) is 8.66. The van der Waals surface area contributed by atoms with E-state index in [0.29, 0.717) is 11.7 Å². The van der Waals surface area contributed by atoms with Gasteiger partial charge in [0, 0.05) is 6.20 Å². The molecular weight excluding hydrogens is 254 g/mol.